The Morgan fingerprint density at radius 1 is 1.19 bits per heavy atom. The van der Waals surface area contributed by atoms with Crippen LogP contribution in [0.4, 0.5) is 8.78 Å². The molecule has 0 atom stereocenters. The number of pyridine rings is 1. The first-order chi connectivity index (χ1) is 16.8. The molecule has 31 heavy (non-hydrogen) atoms. The Hall–Kier alpha value is -3.81. The van der Waals surface area contributed by atoms with E-state index in [1.165, 1.54) is 0 Å². The molecule has 6 nitrogen and oxygen atoms in total. The molecule has 0 unspecified atom stereocenters. The fraction of sp³-hybridized carbons (Fsp3) is 0.174. The Kier molecular flexibility index (Phi) is 3.29. The molecule has 2 aromatic carbocycles. The number of nitrogens with zero attached hydrogens (tertiary/aromatic N) is 4. The normalized spacial score (nSPS) is 17.6. The number of hydrogen-bond acceptors (Lipinski definition) is 4. The summed E-state index contributed by atoms with van der Waals surface area (Å²) >= 11 is 0. The van der Waals surface area contributed by atoms with Crippen LogP contribution in [0.25, 0.3) is 22.0 Å². The van der Waals surface area contributed by atoms with Crippen molar-refractivity contribution in [1.82, 2.24) is 19.7 Å². The van der Waals surface area contributed by atoms with E-state index in [0.29, 0.717) is 10.5 Å². The molecule has 1 aliphatic rings. The van der Waals surface area contributed by atoms with Gasteiger partial charge in [0.2, 0.25) is 0 Å². The van der Waals surface area contributed by atoms with Gasteiger partial charge in [-0.15, -0.1) is 0 Å². The molecule has 156 valence electrons. The second kappa shape index (κ2) is 7.16. The van der Waals surface area contributed by atoms with Crippen LogP contribution in [0.2, 0.25) is 0 Å². The van der Waals surface area contributed by atoms with E-state index in [0.717, 1.165) is 35.3 Å². The third-order valence-corrected chi connectivity index (χ3v) is 5.11. The van der Waals surface area contributed by atoms with Crippen molar-refractivity contribution in [3.63, 3.8) is 0 Å². The molecule has 3 heterocycles. The summed E-state index contributed by atoms with van der Waals surface area (Å²) in [6.45, 7) is -3.20. The highest BCUT2D eigenvalue weighted by Crippen LogP contribution is 2.30. The van der Waals surface area contributed by atoms with Crippen molar-refractivity contribution in [2.24, 2.45) is 7.05 Å². The van der Waals surface area contributed by atoms with Gasteiger partial charge < -0.3 is 9.64 Å². The molecule has 0 fully saturated rings. The molecule has 1 amide bonds. The molecule has 0 aliphatic carbocycles. The molecule has 0 radical (unpaired) electrons. The minimum atomic E-state index is -2.80. The SMILES string of the molecule is [2H]C([2H])([2H])Oc1cnc2c(c1)C(=O)N(Cc1c(F)cc(-c3ccc4nn(C)cc4c3)cc1F)C2([2H])[2H]. The minimum Gasteiger partial charge on any atom is -0.495 e. The van der Waals surface area contributed by atoms with Crippen molar-refractivity contribution in [3.8, 4) is 16.9 Å². The Balaban J connectivity index is 1.46. The first-order valence-electron chi connectivity index (χ1n) is 11.8. The lowest BCUT2D eigenvalue weighted by atomic mass is 10.0. The maximum Gasteiger partial charge on any atom is 0.256 e. The van der Waals surface area contributed by atoms with Crippen LogP contribution in [-0.2, 0) is 20.1 Å². The number of carbonyl (C=O) groups excluding carboxylic acids is 1. The number of carbonyl (C=O) groups is 1. The summed E-state index contributed by atoms with van der Waals surface area (Å²) < 4.78 is 74.8. The first kappa shape index (κ1) is 14.2. The molecule has 8 heteroatoms. The maximum atomic E-state index is 15.1. The van der Waals surface area contributed by atoms with Gasteiger partial charge in [-0.2, -0.15) is 5.10 Å². The van der Waals surface area contributed by atoms with Gasteiger partial charge in [-0.25, -0.2) is 8.78 Å². The number of ether oxygens (including phenoxy) is 1. The van der Waals surface area contributed by atoms with Crippen LogP contribution in [0.5, 0.6) is 5.75 Å². The minimum absolute atomic E-state index is 0.246. The Bertz CT molecular complexity index is 1510. The summed E-state index contributed by atoms with van der Waals surface area (Å²) in [6, 6.07) is 8.48. The van der Waals surface area contributed by atoms with E-state index in [4.69, 9.17) is 11.6 Å². The molecular weight excluding hydrogens is 402 g/mol. The summed E-state index contributed by atoms with van der Waals surface area (Å²) in [5, 5.41) is 5.06. The fourth-order valence-electron chi connectivity index (χ4n) is 3.60. The van der Waals surface area contributed by atoms with E-state index in [9.17, 15) is 4.79 Å². The molecule has 2 aromatic heterocycles. The van der Waals surface area contributed by atoms with Gasteiger partial charge in [0, 0.05) is 24.2 Å². The highest BCUT2D eigenvalue weighted by Gasteiger charge is 2.30. The molecule has 0 spiro atoms. The van der Waals surface area contributed by atoms with Crippen LogP contribution in [0.1, 0.15) is 28.5 Å². The van der Waals surface area contributed by atoms with E-state index in [-0.39, 0.29) is 22.6 Å². The van der Waals surface area contributed by atoms with Gasteiger partial charge in [0.1, 0.15) is 17.4 Å². The molecule has 0 bridgehead atoms. The molecule has 0 saturated heterocycles. The van der Waals surface area contributed by atoms with Gasteiger partial charge in [-0.05, 0) is 41.5 Å². The third kappa shape index (κ3) is 3.30. The van der Waals surface area contributed by atoms with E-state index in [2.05, 4.69) is 10.1 Å². The van der Waals surface area contributed by atoms with Crippen molar-refractivity contribution in [2.45, 2.75) is 13.0 Å². The van der Waals surface area contributed by atoms with Crippen LogP contribution < -0.4 is 4.74 Å². The van der Waals surface area contributed by atoms with Crippen molar-refractivity contribution in [2.75, 3.05) is 7.04 Å². The van der Waals surface area contributed by atoms with Crippen molar-refractivity contribution >= 4 is 16.8 Å². The lowest BCUT2D eigenvalue weighted by Crippen LogP contribution is -2.24. The number of halogens is 2. The zero-order valence-corrected chi connectivity index (χ0v) is 16.2. The lowest BCUT2D eigenvalue weighted by molar-refractivity contribution is 0.0763. The quantitative estimate of drug-likeness (QED) is 0.494. The van der Waals surface area contributed by atoms with Gasteiger partial charge in [0.05, 0.1) is 49.9 Å². The largest absolute Gasteiger partial charge is 0.495 e. The average Bonchev–Trinajstić information content (AvgIpc) is 3.23. The Labute approximate surface area is 183 Å². The standard InChI is InChI=1S/C23H18F2N4O2/c1-28-10-15-5-13(3-4-21(15)27-28)14-6-19(24)18(20(25)7-14)11-29-12-22-17(23(29)30)8-16(31-2)9-26-22/h3-10H,11-12H2,1-2H3/i2D3,12D2. The van der Waals surface area contributed by atoms with Gasteiger partial charge in [0.15, 0.2) is 0 Å². The van der Waals surface area contributed by atoms with Crippen LogP contribution in [0.3, 0.4) is 0 Å². The van der Waals surface area contributed by atoms with Crippen LogP contribution >= 0.6 is 0 Å². The fourth-order valence-corrected chi connectivity index (χ4v) is 3.60. The van der Waals surface area contributed by atoms with Crippen molar-refractivity contribution < 1.29 is 25.2 Å². The maximum absolute atomic E-state index is 15.1. The number of methoxy groups -OCH3 is 1. The van der Waals surface area contributed by atoms with Crippen LogP contribution in [-0.4, -0.2) is 32.6 Å². The summed E-state index contributed by atoms with van der Waals surface area (Å²) in [5.41, 5.74) is 0.522. The van der Waals surface area contributed by atoms with Crippen LogP contribution in [0.15, 0.2) is 48.8 Å². The molecule has 1 aliphatic heterocycles. The third-order valence-electron chi connectivity index (χ3n) is 5.11. The number of amides is 1. The second-order valence-electron chi connectivity index (χ2n) is 7.17. The van der Waals surface area contributed by atoms with Gasteiger partial charge in [-0.1, -0.05) is 6.07 Å². The molecule has 4 aromatic rings. The molecule has 0 saturated carbocycles. The first-order valence-corrected chi connectivity index (χ1v) is 9.27. The summed E-state index contributed by atoms with van der Waals surface area (Å²) in [7, 11) is -1.03. The van der Waals surface area contributed by atoms with Gasteiger partial charge in [0.25, 0.3) is 5.91 Å². The van der Waals surface area contributed by atoms with Gasteiger partial charge in [-0.3, -0.25) is 14.5 Å². The van der Waals surface area contributed by atoms with Gasteiger partial charge >= 0.3 is 0 Å². The Morgan fingerprint density at radius 2 is 2.00 bits per heavy atom. The summed E-state index contributed by atoms with van der Waals surface area (Å²) in [6.07, 6.45) is 2.76. The van der Waals surface area contributed by atoms with Crippen molar-refractivity contribution in [3.05, 3.63) is 77.2 Å². The number of benzene rings is 2. The predicted molar refractivity (Wildman–Crippen MR) is 110 cm³/mol. The topological polar surface area (TPSA) is 60.2 Å². The van der Waals surface area contributed by atoms with E-state index in [1.54, 1.807) is 36.1 Å². The lowest BCUT2D eigenvalue weighted by Gasteiger charge is -2.17. The number of rotatable bonds is 4. The van der Waals surface area contributed by atoms with E-state index < -0.39 is 43.2 Å². The molecule has 5 rings (SSSR count). The number of aromatic nitrogens is 3. The summed E-state index contributed by atoms with van der Waals surface area (Å²) in [5.74, 6) is -3.05. The molecular formula is C23H18F2N4O2. The zero-order chi connectivity index (χ0) is 26.0. The Morgan fingerprint density at radius 3 is 2.77 bits per heavy atom. The number of fused-ring (bicyclic) bond motifs is 2. The number of aryl methyl sites for hydroxylation is 1. The monoisotopic (exact) mass is 425 g/mol. The zero-order valence-electron chi connectivity index (χ0n) is 21.2. The smallest absolute Gasteiger partial charge is 0.256 e. The summed E-state index contributed by atoms with van der Waals surface area (Å²) in [4.78, 5) is 17.5. The highest BCUT2D eigenvalue weighted by molar-refractivity contribution is 5.98. The highest BCUT2D eigenvalue weighted by atomic mass is 19.1. The van der Waals surface area contributed by atoms with Crippen LogP contribution in [0, 0.1) is 11.6 Å². The average molecular weight is 425 g/mol. The van der Waals surface area contributed by atoms with E-state index >= 15 is 8.78 Å². The molecule has 0 N–H and O–H groups in total. The predicted octanol–water partition coefficient (Wildman–Crippen LogP) is 4.08. The number of hydrogen-bond donors (Lipinski definition) is 0. The second-order valence-corrected chi connectivity index (χ2v) is 7.17. The van der Waals surface area contributed by atoms with Crippen molar-refractivity contribution in [1.29, 1.82) is 0 Å². The van der Waals surface area contributed by atoms with E-state index in [1.807, 2.05) is 0 Å².